The van der Waals surface area contributed by atoms with E-state index in [1.807, 2.05) is 26.1 Å². The predicted molar refractivity (Wildman–Crippen MR) is 121 cm³/mol. The van der Waals surface area contributed by atoms with E-state index in [-0.39, 0.29) is 11.4 Å². The minimum Gasteiger partial charge on any atom is -0.497 e. The summed E-state index contributed by atoms with van der Waals surface area (Å²) < 4.78 is 32.9. The second-order valence-corrected chi connectivity index (χ2v) is 9.40. The molecule has 0 aliphatic carbocycles. The van der Waals surface area contributed by atoms with Gasteiger partial charge in [-0.15, -0.1) is 0 Å². The third kappa shape index (κ3) is 5.83. The summed E-state index contributed by atoms with van der Waals surface area (Å²) in [6.45, 7) is 3.30. The number of carbonyl (C=O) groups is 1. The summed E-state index contributed by atoms with van der Waals surface area (Å²) in [4.78, 5) is 14.9. The maximum atomic E-state index is 13.4. The van der Waals surface area contributed by atoms with Crippen LogP contribution in [0.1, 0.15) is 18.4 Å². The predicted octanol–water partition coefficient (Wildman–Crippen LogP) is 2.40. The highest BCUT2D eigenvalue weighted by Gasteiger charge is 2.27. The number of methoxy groups -OCH3 is 1. The zero-order valence-corrected chi connectivity index (χ0v) is 18.9. The average Bonchev–Trinajstić information content (AvgIpc) is 2.78. The van der Waals surface area contributed by atoms with Gasteiger partial charge in [-0.3, -0.25) is 9.10 Å². The van der Waals surface area contributed by atoms with E-state index in [4.69, 9.17) is 4.74 Å². The molecule has 9 heteroatoms. The third-order valence-electron chi connectivity index (χ3n) is 5.16. The number of aryl methyl sites for hydroxylation is 1. The Bertz CT molecular complexity index is 1020. The Balaban J connectivity index is 1.83. The molecule has 3 rings (SSSR count). The molecular weight excluding hydrogens is 416 g/mol. The molecule has 0 radical (unpaired) electrons. The molecule has 1 aliphatic heterocycles. The Morgan fingerprint density at radius 1 is 1.10 bits per heavy atom. The van der Waals surface area contributed by atoms with Crippen LogP contribution in [0, 0.1) is 6.92 Å². The monoisotopic (exact) mass is 444 g/mol. The summed E-state index contributed by atoms with van der Waals surface area (Å²) in [6.07, 6.45) is 1.56. The summed E-state index contributed by atoms with van der Waals surface area (Å²) in [5, 5.41) is 4.21. The fourth-order valence-corrected chi connectivity index (χ4v) is 4.62. The fourth-order valence-electron chi connectivity index (χ4n) is 3.20. The second-order valence-electron chi connectivity index (χ2n) is 7.54. The van der Waals surface area contributed by atoms with Crippen LogP contribution in [0.25, 0.3) is 0 Å². The molecule has 2 aromatic rings. The Hall–Kier alpha value is -2.91. The highest BCUT2D eigenvalue weighted by molar-refractivity contribution is 7.92. The number of ether oxygens (including phenoxy) is 1. The molecule has 31 heavy (non-hydrogen) atoms. The lowest BCUT2D eigenvalue weighted by atomic mass is 10.1. The first-order chi connectivity index (χ1) is 14.8. The van der Waals surface area contributed by atoms with E-state index >= 15 is 0 Å². The molecule has 0 spiro atoms. The number of hydrogen-bond donors (Lipinski definition) is 1. The van der Waals surface area contributed by atoms with Crippen LogP contribution in [-0.2, 0) is 14.8 Å². The molecule has 1 heterocycles. The highest BCUT2D eigenvalue weighted by Crippen LogP contribution is 2.25. The molecule has 1 amide bonds. The van der Waals surface area contributed by atoms with E-state index in [2.05, 4.69) is 15.4 Å². The van der Waals surface area contributed by atoms with Crippen LogP contribution in [-0.4, -0.2) is 58.7 Å². The molecule has 0 saturated carbocycles. The lowest BCUT2D eigenvalue weighted by Crippen LogP contribution is -2.40. The first kappa shape index (κ1) is 22.8. The first-order valence-corrected chi connectivity index (χ1v) is 11.5. The summed E-state index contributed by atoms with van der Waals surface area (Å²) >= 11 is 0. The molecule has 1 N–H and O–H groups in total. The topological polar surface area (TPSA) is 91.3 Å². The normalized spacial score (nSPS) is 14.7. The van der Waals surface area contributed by atoms with Crippen LogP contribution in [0.15, 0.2) is 58.5 Å². The van der Waals surface area contributed by atoms with Crippen molar-refractivity contribution in [1.29, 1.82) is 0 Å². The molecule has 1 fully saturated rings. The molecule has 2 aromatic carbocycles. The number of rotatable bonds is 7. The van der Waals surface area contributed by atoms with Crippen molar-refractivity contribution in [2.24, 2.45) is 5.10 Å². The van der Waals surface area contributed by atoms with Gasteiger partial charge in [0.05, 0.1) is 17.7 Å². The van der Waals surface area contributed by atoms with Crippen molar-refractivity contribution in [2.45, 2.75) is 24.7 Å². The van der Waals surface area contributed by atoms with E-state index < -0.39 is 15.9 Å². The number of benzene rings is 2. The lowest BCUT2D eigenvalue weighted by molar-refractivity contribution is -0.119. The van der Waals surface area contributed by atoms with Crippen LogP contribution in [0.4, 0.5) is 5.69 Å². The van der Waals surface area contributed by atoms with Crippen LogP contribution in [0.3, 0.4) is 0 Å². The van der Waals surface area contributed by atoms with Gasteiger partial charge in [0.1, 0.15) is 12.3 Å². The van der Waals surface area contributed by atoms with Gasteiger partial charge in [0.2, 0.25) is 0 Å². The van der Waals surface area contributed by atoms with Crippen molar-refractivity contribution in [1.82, 2.24) is 10.3 Å². The van der Waals surface area contributed by atoms with Crippen LogP contribution in [0.5, 0.6) is 5.75 Å². The highest BCUT2D eigenvalue weighted by atomic mass is 32.2. The van der Waals surface area contributed by atoms with E-state index in [0.717, 1.165) is 41.5 Å². The van der Waals surface area contributed by atoms with Crippen molar-refractivity contribution in [3.63, 3.8) is 0 Å². The molecule has 1 aliphatic rings. The van der Waals surface area contributed by atoms with Crippen molar-refractivity contribution in [3.05, 3.63) is 54.1 Å². The largest absolute Gasteiger partial charge is 0.497 e. The van der Waals surface area contributed by atoms with E-state index in [1.54, 1.807) is 24.3 Å². The molecule has 0 unspecified atom stereocenters. The SMILES string of the molecule is COc1ccc(S(=O)(=O)N(CC(=O)NN=C2CCN(C)CC2)c2ccc(C)cc2)cc1. The summed E-state index contributed by atoms with van der Waals surface area (Å²) in [7, 11) is -0.423. The molecular formula is C22H28N4O4S. The van der Waals surface area contributed by atoms with Gasteiger partial charge in [-0.05, 0) is 50.4 Å². The molecule has 8 nitrogen and oxygen atoms in total. The minimum atomic E-state index is -3.98. The number of nitrogens with one attached hydrogen (secondary N) is 1. The van der Waals surface area contributed by atoms with Gasteiger partial charge in [-0.2, -0.15) is 5.10 Å². The van der Waals surface area contributed by atoms with Gasteiger partial charge in [-0.1, -0.05) is 17.7 Å². The Labute approximate surface area is 183 Å². The standard InChI is InChI=1S/C22H28N4O4S/c1-17-4-6-19(7-5-17)26(31(28,29)21-10-8-20(30-3)9-11-21)16-22(27)24-23-18-12-14-25(2)15-13-18/h4-11H,12-16H2,1-3H3,(H,24,27). The van der Waals surface area contributed by atoms with Gasteiger partial charge in [0, 0.05) is 31.6 Å². The van der Waals surface area contributed by atoms with Crippen molar-refractivity contribution >= 4 is 27.3 Å². The van der Waals surface area contributed by atoms with Crippen LogP contribution in [0.2, 0.25) is 0 Å². The zero-order valence-electron chi connectivity index (χ0n) is 18.0. The fraction of sp³-hybridized carbons (Fsp3) is 0.364. The number of likely N-dealkylation sites (tertiary alicyclic amines) is 1. The molecule has 0 atom stereocenters. The van der Waals surface area contributed by atoms with Crippen molar-refractivity contribution in [3.8, 4) is 5.75 Å². The number of piperidine rings is 1. The van der Waals surface area contributed by atoms with E-state index in [9.17, 15) is 13.2 Å². The molecule has 1 saturated heterocycles. The van der Waals surface area contributed by atoms with Gasteiger partial charge in [0.25, 0.3) is 15.9 Å². The zero-order chi connectivity index (χ0) is 22.4. The Morgan fingerprint density at radius 2 is 1.71 bits per heavy atom. The van der Waals surface area contributed by atoms with Gasteiger partial charge in [0.15, 0.2) is 0 Å². The van der Waals surface area contributed by atoms with E-state index in [1.165, 1.54) is 19.2 Å². The number of hydrogen-bond acceptors (Lipinski definition) is 6. The molecule has 0 aromatic heterocycles. The summed E-state index contributed by atoms with van der Waals surface area (Å²) in [5.74, 6) is 0.0524. The third-order valence-corrected chi connectivity index (χ3v) is 6.95. The second kappa shape index (κ2) is 9.93. The molecule has 166 valence electrons. The Kier molecular flexibility index (Phi) is 7.29. The van der Waals surface area contributed by atoms with Gasteiger partial charge in [-0.25, -0.2) is 13.8 Å². The van der Waals surface area contributed by atoms with Crippen LogP contribution >= 0.6 is 0 Å². The number of carbonyl (C=O) groups excluding carboxylic acids is 1. The minimum absolute atomic E-state index is 0.0725. The van der Waals surface area contributed by atoms with E-state index in [0.29, 0.717) is 11.4 Å². The van der Waals surface area contributed by atoms with Crippen molar-refractivity contribution in [2.75, 3.05) is 38.1 Å². The summed E-state index contributed by atoms with van der Waals surface area (Å²) in [6, 6.07) is 13.1. The number of anilines is 1. The first-order valence-electron chi connectivity index (χ1n) is 10.1. The number of hydrazone groups is 1. The van der Waals surface area contributed by atoms with Gasteiger partial charge < -0.3 is 9.64 Å². The average molecular weight is 445 g/mol. The maximum absolute atomic E-state index is 13.4. The molecule has 0 bridgehead atoms. The van der Waals surface area contributed by atoms with Crippen molar-refractivity contribution < 1.29 is 17.9 Å². The number of nitrogens with zero attached hydrogens (tertiary/aromatic N) is 3. The quantitative estimate of drug-likeness (QED) is 0.662. The summed E-state index contributed by atoms with van der Waals surface area (Å²) in [5.41, 5.74) is 4.83. The van der Waals surface area contributed by atoms with Crippen LogP contribution < -0.4 is 14.5 Å². The lowest BCUT2D eigenvalue weighted by Gasteiger charge is -2.24. The number of amides is 1. The number of sulfonamides is 1. The van der Waals surface area contributed by atoms with Gasteiger partial charge >= 0.3 is 0 Å². The maximum Gasteiger partial charge on any atom is 0.264 e. The Morgan fingerprint density at radius 3 is 2.29 bits per heavy atom. The smallest absolute Gasteiger partial charge is 0.264 e.